The van der Waals surface area contributed by atoms with Gasteiger partial charge in [-0.1, -0.05) is 12.1 Å². The molecule has 3 rings (SSSR count). The summed E-state index contributed by atoms with van der Waals surface area (Å²) in [5.41, 5.74) is 2.66. The number of sulfonamides is 2. The Kier molecular flexibility index (Phi) is 5.94. The lowest BCUT2D eigenvalue weighted by atomic mass is 10.2. The van der Waals surface area contributed by atoms with Crippen LogP contribution in [0.3, 0.4) is 0 Å². The van der Waals surface area contributed by atoms with E-state index in [9.17, 15) is 21.6 Å². The largest absolute Gasteiger partial charge is 0.310 e. The summed E-state index contributed by atoms with van der Waals surface area (Å²) in [5.74, 6) is -0.371. The van der Waals surface area contributed by atoms with Gasteiger partial charge in [0.15, 0.2) is 0 Å². The minimum absolute atomic E-state index is 0.165. The first-order chi connectivity index (χ1) is 13.9. The fraction of sp³-hybridized carbons (Fsp3) is 0.350. The zero-order valence-corrected chi connectivity index (χ0v) is 19.0. The highest BCUT2D eigenvalue weighted by Crippen LogP contribution is 2.31. The predicted molar refractivity (Wildman–Crippen MR) is 117 cm³/mol. The highest BCUT2D eigenvalue weighted by molar-refractivity contribution is 7.92. The molecular formula is C20H25N3O5S2. The number of aryl methyl sites for hydroxylation is 1. The molecule has 0 spiro atoms. The molecule has 1 amide bonds. The van der Waals surface area contributed by atoms with Crippen molar-refractivity contribution in [3.63, 3.8) is 0 Å². The molecule has 2 aromatic carbocycles. The Balaban J connectivity index is 1.89. The van der Waals surface area contributed by atoms with Gasteiger partial charge in [-0.15, -0.1) is 0 Å². The average molecular weight is 452 g/mol. The van der Waals surface area contributed by atoms with Gasteiger partial charge in [0.1, 0.15) is 6.54 Å². The van der Waals surface area contributed by atoms with Crippen LogP contribution in [0.15, 0.2) is 47.4 Å². The third-order valence-corrected chi connectivity index (χ3v) is 7.95. The van der Waals surface area contributed by atoms with Gasteiger partial charge in [0.05, 0.1) is 16.8 Å². The molecule has 1 aliphatic rings. The molecule has 2 aromatic rings. The molecule has 0 atom stereocenters. The Bertz CT molecular complexity index is 1190. The quantitative estimate of drug-likeness (QED) is 0.665. The molecule has 10 heteroatoms. The molecule has 0 saturated carbocycles. The Morgan fingerprint density at radius 2 is 1.77 bits per heavy atom. The molecule has 0 unspecified atom stereocenters. The van der Waals surface area contributed by atoms with Gasteiger partial charge in [0, 0.05) is 26.3 Å². The number of carbonyl (C=O) groups is 1. The Morgan fingerprint density at radius 1 is 1.07 bits per heavy atom. The molecule has 0 saturated heterocycles. The second-order valence-corrected chi connectivity index (χ2v) is 11.5. The average Bonchev–Trinajstić information content (AvgIpc) is 3.08. The first-order valence-electron chi connectivity index (χ1n) is 9.31. The van der Waals surface area contributed by atoms with Gasteiger partial charge in [-0.3, -0.25) is 9.10 Å². The molecule has 30 heavy (non-hydrogen) atoms. The normalized spacial score (nSPS) is 14.1. The lowest BCUT2D eigenvalue weighted by Crippen LogP contribution is -2.42. The van der Waals surface area contributed by atoms with Crippen LogP contribution in [0.2, 0.25) is 0 Å². The van der Waals surface area contributed by atoms with Crippen LogP contribution in [0, 0.1) is 6.92 Å². The maximum Gasteiger partial charge on any atom is 0.247 e. The van der Waals surface area contributed by atoms with Crippen LogP contribution in [0.1, 0.15) is 11.1 Å². The zero-order valence-electron chi connectivity index (χ0n) is 17.4. The van der Waals surface area contributed by atoms with Crippen molar-refractivity contribution in [1.29, 1.82) is 0 Å². The van der Waals surface area contributed by atoms with Gasteiger partial charge in [0.25, 0.3) is 0 Å². The summed E-state index contributed by atoms with van der Waals surface area (Å²) in [5, 5.41) is 0. The standard InChI is InChI=1S/C20H25N3O5S2/c1-15-6-5-7-17(12-15)23(29(4,25)26)14-20(24)22-11-10-16-13-18(8-9-19(16)22)30(27,28)21(2)3/h5-9,12-13H,10-11,14H2,1-4H3. The van der Waals surface area contributed by atoms with Crippen molar-refractivity contribution in [2.75, 3.05) is 42.6 Å². The van der Waals surface area contributed by atoms with E-state index in [1.54, 1.807) is 30.3 Å². The maximum absolute atomic E-state index is 13.0. The van der Waals surface area contributed by atoms with Gasteiger partial charge in [-0.25, -0.2) is 21.1 Å². The van der Waals surface area contributed by atoms with Gasteiger partial charge in [-0.05, 0) is 54.8 Å². The summed E-state index contributed by atoms with van der Waals surface area (Å²) in [6, 6.07) is 11.6. The molecule has 162 valence electrons. The predicted octanol–water partition coefficient (Wildman–Crippen LogP) is 1.60. The van der Waals surface area contributed by atoms with Gasteiger partial charge < -0.3 is 4.90 Å². The van der Waals surface area contributed by atoms with Crippen molar-refractivity contribution in [2.24, 2.45) is 0 Å². The molecule has 8 nitrogen and oxygen atoms in total. The van der Waals surface area contributed by atoms with E-state index in [1.165, 1.54) is 25.1 Å². The van der Waals surface area contributed by atoms with E-state index in [0.29, 0.717) is 24.3 Å². The number of hydrogen-bond acceptors (Lipinski definition) is 5. The molecule has 0 N–H and O–H groups in total. The van der Waals surface area contributed by atoms with Crippen molar-refractivity contribution in [3.8, 4) is 0 Å². The molecule has 0 aromatic heterocycles. The highest BCUT2D eigenvalue weighted by atomic mass is 32.2. The van der Waals surface area contributed by atoms with E-state index < -0.39 is 20.0 Å². The van der Waals surface area contributed by atoms with Crippen LogP contribution in [0.4, 0.5) is 11.4 Å². The molecule has 1 heterocycles. The Hall–Kier alpha value is -2.43. The molecular weight excluding hydrogens is 426 g/mol. The second kappa shape index (κ2) is 8.01. The van der Waals surface area contributed by atoms with Crippen molar-refractivity contribution in [2.45, 2.75) is 18.2 Å². The topological polar surface area (TPSA) is 95.1 Å². The smallest absolute Gasteiger partial charge is 0.247 e. The Morgan fingerprint density at radius 3 is 2.37 bits per heavy atom. The van der Waals surface area contributed by atoms with Crippen molar-refractivity contribution in [1.82, 2.24) is 4.31 Å². The number of fused-ring (bicyclic) bond motifs is 1. The lowest BCUT2D eigenvalue weighted by molar-refractivity contribution is -0.117. The van der Waals surface area contributed by atoms with Crippen LogP contribution in [0.25, 0.3) is 0 Å². The molecule has 0 fully saturated rings. The van der Waals surface area contributed by atoms with E-state index in [-0.39, 0.29) is 17.3 Å². The third-order valence-electron chi connectivity index (χ3n) is 4.99. The number of benzene rings is 2. The number of nitrogens with zero attached hydrogens (tertiary/aromatic N) is 3. The number of rotatable bonds is 6. The first-order valence-corrected chi connectivity index (χ1v) is 12.6. The SMILES string of the molecule is Cc1cccc(N(CC(=O)N2CCc3cc(S(=O)(=O)N(C)C)ccc32)S(C)(=O)=O)c1. The summed E-state index contributed by atoms with van der Waals surface area (Å²) < 4.78 is 51.6. The minimum Gasteiger partial charge on any atom is -0.310 e. The fourth-order valence-electron chi connectivity index (χ4n) is 3.40. The van der Waals surface area contributed by atoms with E-state index in [1.807, 2.05) is 13.0 Å². The van der Waals surface area contributed by atoms with Crippen LogP contribution in [-0.4, -0.2) is 60.5 Å². The monoisotopic (exact) mass is 451 g/mol. The van der Waals surface area contributed by atoms with Crippen LogP contribution < -0.4 is 9.21 Å². The number of anilines is 2. The van der Waals surface area contributed by atoms with Crippen molar-refractivity contribution in [3.05, 3.63) is 53.6 Å². The third kappa shape index (κ3) is 4.35. The molecule has 0 aliphatic carbocycles. The van der Waals surface area contributed by atoms with Crippen LogP contribution >= 0.6 is 0 Å². The number of hydrogen-bond donors (Lipinski definition) is 0. The summed E-state index contributed by atoms with van der Waals surface area (Å²) in [6.07, 6.45) is 1.57. The van der Waals surface area contributed by atoms with Gasteiger partial charge >= 0.3 is 0 Å². The second-order valence-electron chi connectivity index (χ2n) is 7.48. The van der Waals surface area contributed by atoms with E-state index >= 15 is 0 Å². The highest BCUT2D eigenvalue weighted by Gasteiger charge is 2.30. The lowest BCUT2D eigenvalue weighted by Gasteiger charge is -2.25. The van der Waals surface area contributed by atoms with Gasteiger partial charge in [0.2, 0.25) is 26.0 Å². The van der Waals surface area contributed by atoms with Crippen LogP contribution in [0.5, 0.6) is 0 Å². The summed E-state index contributed by atoms with van der Waals surface area (Å²) in [6.45, 7) is 1.88. The number of amides is 1. The molecule has 1 aliphatic heterocycles. The summed E-state index contributed by atoms with van der Waals surface area (Å²) in [4.78, 5) is 14.7. The summed E-state index contributed by atoms with van der Waals surface area (Å²) >= 11 is 0. The zero-order chi connectivity index (χ0) is 22.3. The van der Waals surface area contributed by atoms with Crippen molar-refractivity contribution < 1.29 is 21.6 Å². The fourth-order valence-corrected chi connectivity index (χ4v) is 5.19. The van der Waals surface area contributed by atoms with E-state index in [2.05, 4.69) is 0 Å². The maximum atomic E-state index is 13.0. The number of carbonyl (C=O) groups excluding carboxylic acids is 1. The van der Waals surface area contributed by atoms with Gasteiger partial charge in [-0.2, -0.15) is 0 Å². The van der Waals surface area contributed by atoms with E-state index in [4.69, 9.17) is 0 Å². The molecule has 0 radical (unpaired) electrons. The molecule has 0 bridgehead atoms. The van der Waals surface area contributed by atoms with Crippen molar-refractivity contribution >= 4 is 37.3 Å². The van der Waals surface area contributed by atoms with Crippen LogP contribution in [-0.2, 0) is 31.3 Å². The Labute approximate surface area is 177 Å². The minimum atomic E-state index is -3.67. The first kappa shape index (κ1) is 22.3. The summed E-state index contributed by atoms with van der Waals surface area (Å²) in [7, 11) is -4.32. The van der Waals surface area contributed by atoms with E-state index in [0.717, 1.165) is 26.0 Å².